The molecule has 0 saturated carbocycles. The SMILES string of the molecule is COC(=O)C1=C(C)N(c2cccc(C(F)(F)F)c2)c2n[nH]c(=O)n2C1c1ccc(C#N)cc1CCc1cnc(C)c(CN)c1C. The van der Waals surface area contributed by atoms with E-state index in [-0.39, 0.29) is 22.9 Å². The molecule has 3 N–H and O–H groups in total. The molecular formula is C32H30F3N7O3. The van der Waals surface area contributed by atoms with Gasteiger partial charge in [-0.15, -0.1) is 5.10 Å². The van der Waals surface area contributed by atoms with Crippen LogP contribution in [-0.2, 0) is 35.1 Å². The summed E-state index contributed by atoms with van der Waals surface area (Å²) >= 11 is 0. The fraction of sp³-hybridized carbons (Fsp3) is 0.281. The first kappa shape index (κ1) is 31.2. The van der Waals surface area contributed by atoms with Crippen LogP contribution in [0.5, 0.6) is 0 Å². The highest BCUT2D eigenvalue weighted by Crippen LogP contribution is 2.43. The topological polar surface area (TPSA) is 143 Å². The number of fused-ring (bicyclic) bond motifs is 1. The van der Waals surface area contributed by atoms with Crippen LogP contribution in [0.4, 0.5) is 24.8 Å². The number of carbonyl (C=O) groups excluding carboxylic acids is 1. The summed E-state index contributed by atoms with van der Waals surface area (Å²) in [5.74, 6) is -0.800. The van der Waals surface area contributed by atoms with E-state index in [4.69, 9.17) is 10.5 Å². The predicted molar refractivity (Wildman–Crippen MR) is 159 cm³/mol. The number of hydrogen-bond acceptors (Lipinski definition) is 8. The van der Waals surface area contributed by atoms with E-state index in [1.54, 1.807) is 31.3 Å². The number of alkyl halides is 3. The molecule has 1 unspecified atom stereocenters. The molecule has 232 valence electrons. The first-order chi connectivity index (χ1) is 21.4. The van der Waals surface area contributed by atoms with Gasteiger partial charge in [-0.2, -0.15) is 18.4 Å². The van der Waals surface area contributed by atoms with E-state index in [9.17, 15) is 28.0 Å². The van der Waals surface area contributed by atoms with Crippen LogP contribution in [0, 0.1) is 25.2 Å². The number of nitrogens with zero attached hydrogens (tertiary/aromatic N) is 5. The minimum absolute atomic E-state index is 0.0176. The molecule has 1 atom stereocenters. The van der Waals surface area contributed by atoms with Gasteiger partial charge in [0.05, 0.1) is 29.9 Å². The Morgan fingerprint density at radius 3 is 2.53 bits per heavy atom. The van der Waals surface area contributed by atoms with Crippen molar-refractivity contribution in [2.75, 3.05) is 12.0 Å². The summed E-state index contributed by atoms with van der Waals surface area (Å²) in [6.07, 6.45) is -1.92. The standard InChI is InChI=1S/C32H30F3N7O3/c1-17-22(16-38-18(2)26(17)15-37)10-9-21-12-20(14-36)8-11-25(21)28-27(29(43)45-4)19(3)41(30-39-40-31(44)42(28)30)24-7-5-6-23(13-24)32(33,34)35/h5-8,11-13,16,28H,9-10,15,37H2,1-4H3,(H,40,44). The Labute approximate surface area is 256 Å². The first-order valence-electron chi connectivity index (χ1n) is 14.0. The molecule has 0 spiro atoms. The quantitative estimate of drug-likeness (QED) is 0.279. The molecule has 2 aromatic heterocycles. The molecule has 0 bridgehead atoms. The first-order valence-corrected chi connectivity index (χ1v) is 14.0. The van der Waals surface area contributed by atoms with Gasteiger partial charge in [0.25, 0.3) is 0 Å². The van der Waals surface area contributed by atoms with Crippen LogP contribution in [0.15, 0.2) is 64.7 Å². The van der Waals surface area contributed by atoms with E-state index in [0.717, 1.165) is 34.5 Å². The van der Waals surface area contributed by atoms with Crippen molar-refractivity contribution in [1.82, 2.24) is 19.7 Å². The van der Waals surface area contributed by atoms with E-state index in [0.29, 0.717) is 36.1 Å². The van der Waals surface area contributed by atoms with Crippen molar-refractivity contribution in [2.24, 2.45) is 5.73 Å². The number of halogens is 3. The van der Waals surface area contributed by atoms with Crippen molar-refractivity contribution in [1.29, 1.82) is 5.26 Å². The third-order valence-corrected chi connectivity index (χ3v) is 8.20. The van der Waals surface area contributed by atoms with Gasteiger partial charge < -0.3 is 10.5 Å². The van der Waals surface area contributed by atoms with Gasteiger partial charge in [-0.3, -0.25) is 9.88 Å². The average Bonchev–Trinajstić information content (AvgIpc) is 3.40. The zero-order chi connectivity index (χ0) is 32.6. The minimum Gasteiger partial charge on any atom is -0.466 e. The van der Waals surface area contributed by atoms with Crippen LogP contribution in [-0.4, -0.2) is 32.8 Å². The monoisotopic (exact) mass is 617 g/mol. The number of rotatable bonds is 7. The van der Waals surface area contributed by atoms with Crippen molar-refractivity contribution in [3.05, 3.63) is 115 Å². The largest absolute Gasteiger partial charge is 0.466 e. The molecule has 0 radical (unpaired) electrons. The lowest BCUT2D eigenvalue weighted by molar-refractivity contribution is -0.138. The Kier molecular flexibility index (Phi) is 8.36. The summed E-state index contributed by atoms with van der Waals surface area (Å²) < 4.78 is 47.3. The summed E-state index contributed by atoms with van der Waals surface area (Å²) in [4.78, 5) is 32.6. The van der Waals surface area contributed by atoms with Gasteiger partial charge in [-0.1, -0.05) is 12.1 Å². The lowest BCUT2D eigenvalue weighted by Crippen LogP contribution is -2.38. The molecule has 4 aromatic rings. The second-order valence-electron chi connectivity index (χ2n) is 10.7. The number of H-pyrrole nitrogens is 1. The molecule has 45 heavy (non-hydrogen) atoms. The van der Waals surface area contributed by atoms with Crippen molar-refractivity contribution in [3.8, 4) is 6.07 Å². The summed E-state index contributed by atoms with van der Waals surface area (Å²) in [5.41, 5.74) is 9.97. The van der Waals surface area contributed by atoms with Crippen molar-refractivity contribution in [3.63, 3.8) is 0 Å². The highest BCUT2D eigenvalue weighted by molar-refractivity contribution is 5.93. The number of pyridine rings is 1. The molecule has 0 aliphatic carbocycles. The second kappa shape index (κ2) is 12.0. The maximum absolute atomic E-state index is 13.6. The van der Waals surface area contributed by atoms with Crippen LogP contribution in [0.3, 0.4) is 0 Å². The number of carbonyl (C=O) groups is 1. The van der Waals surface area contributed by atoms with Crippen LogP contribution < -0.4 is 16.3 Å². The molecule has 0 saturated heterocycles. The molecule has 13 heteroatoms. The molecular weight excluding hydrogens is 587 g/mol. The van der Waals surface area contributed by atoms with Gasteiger partial charge in [0, 0.05) is 29.8 Å². The van der Waals surface area contributed by atoms with Crippen molar-refractivity contribution >= 4 is 17.6 Å². The van der Waals surface area contributed by atoms with Crippen molar-refractivity contribution in [2.45, 2.75) is 52.4 Å². The van der Waals surface area contributed by atoms with Gasteiger partial charge in [0.2, 0.25) is 5.95 Å². The molecule has 10 nitrogen and oxygen atoms in total. The minimum atomic E-state index is -4.63. The number of aromatic nitrogens is 4. The van der Waals surface area contributed by atoms with Gasteiger partial charge in [-0.05, 0) is 91.8 Å². The third kappa shape index (κ3) is 5.60. The fourth-order valence-corrected chi connectivity index (χ4v) is 5.87. The molecule has 1 aliphatic rings. The number of nitriles is 1. The normalized spacial score (nSPS) is 14.7. The zero-order valence-electron chi connectivity index (χ0n) is 25.0. The van der Waals surface area contributed by atoms with Gasteiger partial charge in [0.15, 0.2) is 0 Å². The molecule has 0 amide bonds. The van der Waals surface area contributed by atoms with E-state index >= 15 is 0 Å². The van der Waals surface area contributed by atoms with E-state index in [1.807, 2.05) is 13.8 Å². The van der Waals surface area contributed by atoms with Crippen molar-refractivity contribution < 1.29 is 22.7 Å². The number of aromatic amines is 1. The number of aryl methyl sites for hydroxylation is 3. The number of allylic oxidation sites excluding steroid dienone is 1. The Balaban J connectivity index is 1.70. The summed E-state index contributed by atoms with van der Waals surface area (Å²) in [6.45, 7) is 5.75. The van der Waals surface area contributed by atoms with E-state index in [2.05, 4.69) is 21.3 Å². The van der Waals surface area contributed by atoms with E-state index < -0.39 is 29.4 Å². The molecule has 1 aliphatic heterocycles. The number of esters is 1. The number of ether oxygens (including phenoxy) is 1. The van der Waals surface area contributed by atoms with Gasteiger partial charge in [-0.25, -0.2) is 19.3 Å². The molecule has 3 heterocycles. The lowest BCUT2D eigenvalue weighted by Gasteiger charge is -2.36. The Morgan fingerprint density at radius 2 is 1.87 bits per heavy atom. The number of hydrogen-bond donors (Lipinski definition) is 2. The maximum Gasteiger partial charge on any atom is 0.416 e. The average molecular weight is 618 g/mol. The Bertz CT molecular complexity index is 1940. The summed E-state index contributed by atoms with van der Waals surface area (Å²) in [5, 5.41) is 16.3. The third-order valence-electron chi connectivity index (χ3n) is 8.20. The van der Waals surface area contributed by atoms with Gasteiger partial charge >= 0.3 is 17.8 Å². The summed E-state index contributed by atoms with van der Waals surface area (Å²) in [6, 6.07) is 10.5. The highest BCUT2D eigenvalue weighted by atomic mass is 19.4. The number of methoxy groups -OCH3 is 1. The van der Waals surface area contributed by atoms with Crippen LogP contribution >= 0.6 is 0 Å². The number of anilines is 2. The smallest absolute Gasteiger partial charge is 0.416 e. The fourth-order valence-electron chi connectivity index (χ4n) is 5.87. The molecule has 5 rings (SSSR count). The number of benzene rings is 2. The Hall–Kier alpha value is -5.22. The summed E-state index contributed by atoms with van der Waals surface area (Å²) in [7, 11) is 1.18. The zero-order valence-corrected chi connectivity index (χ0v) is 25.0. The molecule has 2 aromatic carbocycles. The predicted octanol–water partition coefficient (Wildman–Crippen LogP) is 4.91. The lowest BCUT2D eigenvalue weighted by atomic mass is 9.87. The van der Waals surface area contributed by atoms with Crippen LogP contribution in [0.25, 0.3) is 0 Å². The maximum atomic E-state index is 13.6. The van der Waals surface area contributed by atoms with Gasteiger partial charge in [0.1, 0.15) is 6.04 Å². The van der Waals surface area contributed by atoms with E-state index in [1.165, 1.54) is 28.7 Å². The van der Waals surface area contributed by atoms with Crippen LogP contribution in [0.2, 0.25) is 0 Å². The number of nitrogens with one attached hydrogen (secondary N) is 1. The van der Waals surface area contributed by atoms with Crippen LogP contribution in [0.1, 0.15) is 57.6 Å². The second-order valence-corrected chi connectivity index (χ2v) is 10.7. The number of nitrogens with two attached hydrogens (primary N) is 1. The Morgan fingerprint density at radius 1 is 1.13 bits per heavy atom. The highest BCUT2D eigenvalue weighted by Gasteiger charge is 2.41. The molecule has 0 fully saturated rings.